The molecule has 0 spiro atoms. The fourth-order valence-corrected chi connectivity index (χ4v) is 6.67. The van der Waals surface area contributed by atoms with Crippen LogP contribution in [0, 0.1) is 29.6 Å². The molecule has 0 aromatic carbocycles. The quantitative estimate of drug-likeness (QED) is 0.734. The number of hydrogen-bond acceptors (Lipinski definition) is 3. The molecule has 3 nitrogen and oxygen atoms in total. The van der Waals surface area contributed by atoms with Gasteiger partial charge in [-0.15, -0.1) is 6.42 Å². The van der Waals surface area contributed by atoms with Gasteiger partial charge in [-0.25, -0.2) is 0 Å². The number of methoxy groups -OCH3 is 1. The van der Waals surface area contributed by atoms with Crippen LogP contribution < -0.4 is 0 Å². The van der Waals surface area contributed by atoms with Gasteiger partial charge in [-0.2, -0.15) is 0 Å². The molecule has 3 atom stereocenters. The van der Waals surface area contributed by atoms with Crippen molar-refractivity contribution in [2.24, 2.45) is 17.3 Å². The molecule has 0 aromatic heterocycles. The van der Waals surface area contributed by atoms with Gasteiger partial charge in [0.25, 0.3) is 0 Å². The molecule has 3 heterocycles. The van der Waals surface area contributed by atoms with Crippen LogP contribution in [-0.2, 0) is 4.74 Å². The molecule has 2 aliphatic carbocycles. The highest BCUT2D eigenvalue weighted by atomic mass is 16.5. The van der Waals surface area contributed by atoms with E-state index in [0.29, 0.717) is 11.8 Å². The van der Waals surface area contributed by atoms with Crippen LogP contribution in [0.4, 0.5) is 0 Å². The minimum atomic E-state index is -0.730. The first-order valence-corrected chi connectivity index (χ1v) is 11.5. The third kappa shape index (κ3) is 3.38. The van der Waals surface area contributed by atoms with Crippen molar-refractivity contribution in [2.75, 3.05) is 26.7 Å². The summed E-state index contributed by atoms with van der Waals surface area (Å²) < 4.78 is 6.31. The van der Waals surface area contributed by atoms with Crippen LogP contribution in [0.2, 0.25) is 0 Å². The van der Waals surface area contributed by atoms with E-state index < -0.39 is 6.10 Å². The highest BCUT2D eigenvalue weighted by Gasteiger charge is 2.53. The molecular weight excluding hydrogens is 346 g/mol. The Kier molecular flexibility index (Phi) is 6.02. The summed E-state index contributed by atoms with van der Waals surface area (Å²) in [6.45, 7) is 3.38. The molecule has 154 valence electrons. The van der Waals surface area contributed by atoms with E-state index in [9.17, 15) is 5.11 Å². The monoisotopic (exact) mass is 383 g/mol. The lowest BCUT2D eigenvalue weighted by Gasteiger charge is -2.55. The van der Waals surface area contributed by atoms with Gasteiger partial charge < -0.3 is 14.7 Å². The largest absolute Gasteiger partial charge is 0.379 e. The van der Waals surface area contributed by atoms with Gasteiger partial charge in [0.1, 0.15) is 11.7 Å². The van der Waals surface area contributed by atoms with E-state index in [1.165, 1.54) is 76.5 Å². The van der Waals surface area contributed by atoms with Crippen molar-refractivity contribution in [1.29, 1.82) is 0 Å². The standard InChI is InChI=1S/C25H37NO2/c1-3-23(27)24(20-10-7-5-4-6-8-11-20)15-9-12-22(18-24)25(28-2)19-26-16-13-21(25)14-17-26/h1,9,12,15,20-21,23,27H,4-8,10-11,13-14,16-19H2,2H3. The summed E-state index contributed by atoms with van der Waals surface area (Å²) in [4.78, 5) is 2.55. The average molecular weight is 384 g/mol. The minimum absolute atomic E-state index is 0.206. The molecule has 3 aliphatic heterocycles. The Bertz CT molecular complexity index is 646. The first-order chi connectivity index (χ1) is 13.6. The number of piperidine rings is 3. The minimum Gasteiger partial charge on any atom is -0.379 e. The van der Waals surface area contributed by atoms with Crippen molar-refractivity contribution in [2.45, 2.75) is 75.9 Å². The molecule has 3 heteroatoms. The highest BCUT2D eigenvalue weighted by Crippen LogP contribution is 2.52. The van der Waals surface area contributed by atoms with Crippen LogP contribution in [0.15, 0.2) is 23.8 Å². The second-order valence-corrected chi connectivity index (χ2v) is 9.60. The van der Waals surface area contributed by atoms with Crippen LogP contribution in [0.25, 0.3) is 0 Å². The number of allylic oxidation sites excluding steroid dienone is 2. The second-order valence-electron chi connectivity index (χ2n) is 9.60. The van der Waals surface area contributed by atoms with Gasteiger partial charge in [-0.1, -0.05) is 56.3 Å². The Balaban J connectivity index is 1.66. The third-order valence-electron chi connectivity index (χ3n) is 8.35. The summed E-state index contributed by atoms with van der Waals surface area (Å²) in [6, 6.07) is 0. The summed E-state index contributed by atoms with van der Waals surface area (Å²) in [5.41, 5.74) is 0.819. The SMILES string of the molecule is C#CC(O)C1(C2CCCCCCC2)C=CC=C(C2(OC)CN3CCC2CC3)C1. The lowest BCUT2D eigenvalue weighted by molar-refractivity contribution is -0.116. The molecule has 2 bridgehead atoms. The third-order valence-corrected chi connectivity index (χ3v) is 8.35. The molecule has 5 aliphatic rings. The van der Waals surface area contributed by atoms with E-state index in [4.69, 9.17) is 11.2 Å². The maximum atomic E-state index is 11.1. The number of rotatable bonds is 4. The second kappa shape index (κ2) is 8.34. The van der Waals surface area contributed by atoms with Crippen molar-refractivity contribution in [3.63, 3.8) is 0 Å². The summed E-state index contributed by atoms with van der Waals surface area (Å²) in [5.74, 6) is 3.76. The summed E-state index contributed by atoms with van der Waals surface area (Å²) in [7, 11) is 1.89. The number of hydrogen-bond donors (Lipinski definition) is 1. The van der Waals surface area contributed by atoms with E-state index in [-0.39, 0.29) is 11.0 Å². The van der Waals surface area contributed by atoms with Crippen molar-refractivity contribution < 1.29 is 9.84 Å². The number of aliphatic hydroxyl groups is 1. The zero-order valence-electron chi connectivity index (χ0n) is 17.5. The maximum absolute atomic E-state index is 11.1. The predicted octanol–water partition coefficient (Wildman–Crippen LogP) is 4.32. The van der Waals surface area contributed by atoms with Crippen LogP contribution in [0.1, 0.15) is 64.2 Å². The molecule has 1 N–H and O–H groups in total. The van der Waals surface area contributed by atoms with E-state index in [1.807, 2.05) is 7.11 Å². The zero-order chi connectivity index (χ0) is 19.6. The normalized spacial score (nSPS) is 40.2. The number of terminal acetylenes is 1. The Hall–Kier alpha value is -1.08. The van der Waals surface area contributed by atoms with Crippen LogP contribution in [-0.4, -0.2) is 48.5 Å². The van der Waals surface area contributed by atoms with E-state index in [0.717, 1.165) is 13.0 Å². The summed E-state index contributed by atoms with van der Waals surface area (Å²) in [5, 5.41) is 11.1. The molecule has 1 saturated carbocycles. The number of aliphatic hydroxyl groups excluding tert-OH is 1. The molecule has 0 amide bonds. The molecule has 28 heavy (non-hydrogen) atoms. The van der Waals surface area contributed by atoms with E-state index in [2.05, 4.69) is 29.0 Å². The summed E-state index contributed by atoms with van der Waals surface area (Å²) >= 11 is 0. The average Bonchev–Trinajstić information content (AvgIpc) is 2.73. The lowest BCUT2D eigenvalue weighted by Crippen LogP contribution is -2.61. The van der Waals surface area contributed by atoms with Crippen LogP contribution in [0.3, 0.4) is 0 Å². The molecule has 3 unspecified atom stereocenters. The Morgan fingerprint density at radius 3 is 2.36 bits per heavy atom. The molecule has 0 aromatic rings. The molecule has 4 fully saturated rings. The van der Waals surface area contributed by atoms with Crippen molar-refractivity contribution in [1.82, 2.24) is 4.90 Å². The van der Waals surface area contributed by atoms with Gasteiger partial charge in [0.05, 0.1) is 0 Å². The highest BCUT2D eigenvalue weighted by molar-refractivity contribution is 5.36. The lowest BCUT2D eigenvalue weighted by atomic mass is 9.58. The van der Waals surface area contributed by atoms with Gasteiger partial charge in [0, 0.05) is 19.1 Å². The van der Waals surface area contributed by atoms with Gasteiger partial charge >= 0.3 is 0 Å². The Morgan fingerprint density at radius 1 is 1.11 bits per heavy atom. The number of fused-ring (bicyclic) bond motifs is 3. The fourth-order valence-electron chi connectivity index (χ4n) is 6.67. The number of ether oxygens (including phenoxy) is 1. The van der Waals surface area contributed by atoms with Crippen LogP contribution in [0.5, 0.6) is 0 Å². The van der Waals surface area contributed by atoms with Crippen molar-refractivity contribution in [3.8, 4) is 12.3 Å². The van der Waals surface area contributed by atoms with Gasteiger partial charge in [-0.3, -0.25) is 0 Å². The molecule has 0 radical (unpaired) electrons. The topological polar surface area (TPSA) is 32.7 Å². The van der Waals surface area contributed by atoms with Gasteiger partial charge in [0.15, 0.2) is 0 Å². The first-order valence-electron chi connectivity index (χ1n) is 11.5. The maximum Gasteiger partial charge on any atom is 0.124 e. The van der Waals surface area contributed by atoms with Crippen molar-refractivity contribution in [3.05, 3.63) is 23.8 Å². The molecule has 3 saturated heterocycles. The zero-order valence-corrected chi connectivity index (χ0v) is 17.5. The van der Waals surface area contributed by atoms with Crippen LogP contribution >= 0.6 is 0 Å². The molecule has 5 rings (SSSR count). The molecular formula is C25H37NO2. The van der Waals surface area contributed by atoms with Gasteiger partial charge in [-0.05, 0) is 62.6 Å². The Labute approximate surface area is 171 Å². The smallest absolute Gasteiger partial charge is 0.124 e. The fraction of sp³-hybridized carbons (Fsp3) is 0.760. The summed E-state index contributed by atoms with van der Waals surface area (Å²) in [6.07, 6.45) is 23.9. The van der Waals surface area contributed by atoms with E-state index >= 15 is 0 Å². The van der Waals surface area contributed by atoms with Crippen molar-refractivity contribution >= 4 is 0 Å². The Morgan fingerprint density at radius 2 is 1.79 bits per heavy atom. The van der Waals surface area contributed by atoms with E-state index in [1.54, 1.807) is 0 Å². The number of nitrogens with zero attached hydrogens (tertiary/aromatic N) is 1. The van der Waals surface area contributed by atoms with Gasteiger partial charge in [0.2, 0.25) is 0 Å². The first kappa shape index (κ1) is 20.2. The predicted molar refractivity (Wildman–Crippen MR) is 114 cm³/mol.